The number of likely N-dealkylation sites (tertiary alicyclic amines) is 2. The summed E-state index contributed by atoms with van der Waals surface area (Å²) in [6.45, 7) is 6.37. The van der Waals surface area contributed by atoms with Crippen LogP contribution in [0.25, 0.3) is 0 Å². The van der Waals surface area contributed by atoms with Gasteiger partial charge in [0.1, 0.15) is 5.78 Å². The quantitative estimate of drug-likeness (QED) is 0.748. The third-order valence-electron chi connectivity index (χ3n) is 4.41. The third kappa shape index (κ3) is 3.29. The number of Topliss-reactive ketones (excluding diaryl/α,β-unsaturated/α-hetero) is 1. The lowest BCUT2D eigenvalue weighted by Gasteiger charge is -2.40. The summed E-state index contributed by atoms with van der Waals surface area (Å²) in [6, 6.07) is 0.212. The molecule has 0 aromatic heterocycles. The van der Waals surface area contributed by atoms with Gasteiger partial charge in [-0.3, -0.25) is 9.69 Å². The van der Waals surface area contributed by atoms with E-state index in [-0.39, 0.29) is 6.04 Å². The Labute approximate surface area is 105 Å². The predicted molar refractivity (Wildman–Crippen MR) is 70.1 cm³/mol. The van der Waals surface area contributed by atoms with Gasteiger partial charge in [-0.1, -0.05) is 6.42 Å². The van der Waals surface area contributed by atoms with E-state index in [4.69, 9.17) is 0 Å². The topological polar surface area (TPSA) is 23.6 Å². The molecule has 2 aliphatic rings. The Morgan fingerprint density at radius 1 is 1.06 bits per heavy atom. The van der Waals surface area contributed by atoms with Crippen molar-refractivity contribution in [1.82, 2.24) is 9.80 Å². The van der Waals surface area contributed by atoms with E-state index in [2.05, 4.69) is 16.8 Å². The van der Waals surface area contributed by atoms with E-state index in [0.717, 1.165) is 26.2 Å². The second-order valence-corrected chi connectivity index (χ2v) is 5.79. The van der Waals surface area contributed by atoms with E-state index in [1.807, 2.05) is 0 Å². The van der Waals surface area contributed by atoms with Crippen LogP contribution in [0.1, 0.15) is 39.0 Å². The Kier molecular flexibility index (Phi) is 4.57. The van der Waals surface area contributed by atoms with Gasteiger partial charge in [-0.25, -0.2) is 0 Å². The Bertz CT molecular complexity index is 253. The molecule has 1 unspecified atom stereocenters. The van der Waals surface area contributed by atoms with Crippen LogP contribution in [0.5, 0.6) is 0 Å². The van der Waals surface area contributed by atoms with Crippen molar-refractivity contribution >= 4 is 5.78 Å². The Balaban J connectivity index is 1.98. The Morgan fingerprint density at radius 2 is 1.65 bits per heavy atom. The summed E-state index contributed by atoms with van der Waals surface area (Å²) >= 11 is 0. The fraction of sp³-hybridized carbons (Fsp3) is 0.929. The van der Waals surface area contributed by atoms with Gasteiger partial charge in [-0.2, -0.15) is 0 Å². The summed E-state index contributed by atoms with van der Waals surface area (Å²) in [5.74, 6) is 0.989. The van der Waals surface area contributed by atoms with Gasteiger partial charge >= 0.3 is 0 Å². The van der Waals surface area contributed by atoms with Crippen LogP contribution in [-0.4, -0.2) is 54.9 Å². The maximum atomic E-state index is 12.0. The van der Waals surface area contributed by atoms with Crippen molar-refractivity contribution < 1.29 is 4.79 Å². The van der Waals surface area contributed by atoms with Gasteiger partial charge in [0.25, 0.3) is 0 Å². The molecule has 2 fully saturated rings. The minimum absolute atomic E-state index is 0.212. The minimum Gasteiger partial charge on any atom is -0.306 e. The molecule has 3 heteroatoms. The third-order valence-corrected chi connectivity index (χ3v) is 4.41. The molecule has 98 valence electrons. The first-order valence-corrected chi connectivity index (χ1v) is 7.11. The van der Waals surface area contributed by atoms with E-state index in [0.29, 0.717) is 11.7 Å². The predicted octanol–water partition coefficient (Wildman–Crippen LogP) is 1.77. The van der Waals surface area contributed by atoms with Gasteiger partial charge in [-0.15, -0.1) is 0 Å². The van der Waals surface area contributed by atoms with Gasteiger partial charge in [-0.05, 0) is 71.8 Å². The Morgan fingerprint density at radius 3 is 2.18 bits per heavy atom. The number of piperidine rings is 2. The zero-order chi connectivity index (χ0) is 12.3. The molecule has 17 heavy (non-hydrogen) atoms. The molecule has 2 rings (SSSR count). The molecule has 0 spiro atoms. The highest BCUT2D eigenvalue weighted by molar-refractivity contribution is 5.81. The molecule has 0 bridgehead atoms. The summed E-state index contributed by atoms with van der Waals surface area (Å²) in [4.78, 5) is 16.8. The van der Waals surface area contributed by atoms with Gasteiger partial charge in [0.15, 0.2) is 0 Å². The van der Waals surface area contributed by atoms with Crippen LogP contribution in [0.3, 0.4) is 0 Å². The SMILES string of the molecule is CC(=O)C(C1CCN(C)CC1)N1CCCCC1. The molecule has 2 heterocycles. The molecule has 2 aliphatic heterocycles. The van der Waals surface area contributed by atoms with Crippen LogP contribution in [0.2, 0.25) is 0 Å². The number of carbonyl (C=O) groups is 1. The maximum absolute atomic E-state index is 12.0. The maximum Gasteiger partial charge on any atom is 0.147 e. The zero-order valence-corrected chi connectivity index (χ0v) is 11.3. The van der Waals surface area contributed by atoms with Crippen LogP contribution in [-0.2, 0) is 4.79 Å². The van der Waals surface area contributed by atoms with E-state index < -0.39 is 0 Å². The molecular formula is C14H26N2O. The molecule has 0 amide bonds. The average Bonchev–Trinajstić information content (AvgIpc) is 2.33. The smallest absolute Gasteiger partial charge is 0.147 e. The second kappa shape index (κ2) is 5.96. The fourth-order valence-electron chi connectivity index (χ4n) is 3.43. The summed E-state index contributed by atoms with van der Waals surface area (Å²) in [6.07, 6.45) is 6.27. The van der Waals surface area contributed by atoms with E-state index >= 15 is 0 Å². The fourth-order valence-corrected chi connectivity index (χ4v) is 3.43. The molecule has 0 aromatic carbocycles. The van der Waals surface area contributed by atoms with Crippen molar-refractivity contribution in [3.63, 3.8) is 0 Å². The average molecular weight is 238 g/mol. The van der Waals surface area contributed by atoms with Crippen molar-refractivity contribution in [1.29, 1.82) is 0 Å². The number of rotatable bonds is 3. The van der Waals surface area contributed by atoms with E-state index in [9.17, 15) is 4.79 Å². The molecular weight excluding hydrogens is 212 g/mol. The summed E-state index contributed by atoms with van der Waals surface area (Å²) in [7, 11) is 2.18. The lowest BCUT2D eigenvalue weighted by atomic mass is 9.85. The van der Waals surface area contributed by atoms with E-state index in [1.54, 1.807) is 6.92 Å². The van der Waals surface area contributed by atoms with Gasteiger partial charge in [0.2, 0.25) is 0 Å². The number of nitrogens with zero attached hydrogens (tertiary/aromatic N) is 2. The summed E-state index contributed by atoms with van der Waals surface area (Å²) < 4.78 is 0. The molecule has 0 radical (unpaired) electrons. The van der Waals surface area contributed by atoms with Gasteiger partial charge in [0.05, 0.1) is 6.04 Å². The number of hydrogen-bond acceptors (Lipinski definition) is 3. The molecule has 0 aliphatic carbocycles. The standard InChI is InChI=1S/C14H26N2O/c1-12(17)14(16-8-4-3-5-9-16)13-6-10-15(2)11-7-13/h13-14H,3-11H2,1-2H3. The molecule has 0 saturated carbocycles. The van der Waals surface area contributed by atoms with Crippen LogP contribution in [0.4, 0.5) is 0 Å². The number of hydrogen-bond donors (Lipinski definition) is 0. The van der Waals surface area contributed by atoms with Crippen LogP contribution in [0, 0.1) is 5.92 Å². The van der Waals surface area contributed by atoms with Crippen molar-refractivity contribution in [3.05, 3.63) is 0 Å². The van der Waals surface area contributed by atoms with Crippen molar-refractivity contribution in [3.8, 4) is 0 Å². The second-order valence-electron chi connectivity index (χ2n) is 5.79. The lowest BCUT2D eigenvalue weighted by Crippen LogP contribution is -2.50. The first-order chi connectivity index (χ1) is 8.18. The van der Waals surface area contributed by atoms with Crippen molar-refractivity contribution in [2.45, 2.75) is 45.1 Å². The first-order valence-electron chi connectivity index (χ1n) is 7.11. The molecule has 3 nitrogen and oxygen atoms in total. The minimum atomic E-state index is 0.212. The van der Waals surface area contributed by atoms with Crippen molar-refractivity contribution in [2.75, 3.05) is 33.2 Å². The normalized spacial score (nSPS) is 26.9. The highest BCUT2D eigenvalue weighted by Crippen LogP contribution is 2.26. The summed E-state index contributed by atoms with van der Waals surface area (Å²) in [5.41, 5.74) is 0. The van der Waals surface area contributed by atoms with E-state index in [1.165, 1.54) is 32.1 Å². The van der Waals surface area contributed by atoms with Gasteiger partial charge in [0, 0.05) is 0 Å². The largest absolute Gasteiger partial charge is 0.306 e. The lowest BCUT2D eigenvalue weighted by molar-refractivity contribution is -0.125. The molecule has 0 aromatic rings. The Hall–Kier alpha value is -0.410. The first kappa shape index (κ1) is 13.0. The highest BCUT2D eigenvalue weighted by atomic mass is 16.1. The zero-order valence-electron chi connectivity index (χ0n) is 11.3. The molecule has 0 N–H and O–H groups in total. The summed E-state index contributed by atoms with van der Waals surface area (Å²) in [5, 5.41) is 0. The van der Waals surface area contributed by atoms with Crippen LogP contribution in [0.15, 0.2) is 0 Å². The van der Waals surface area contributed by atoms with Gasteiger partial charge < -0.3 is 4.90 Å². The monoisotopic (exact) mass is 238 g/mol. The van der Waals surface area contributed by atoms with Crippen LogP contribution >= 0.6 is 0 Å². The van der Waals surface area contributed by atoms with Crippen molar-refractivity contribution in [2.24, 2.45) is 5.92 Å². The molecule has 2 saturated heterocycles. The number of ketones is 1. The molecule has 1 atom stereocenters. The number of carbonyl (C=O) groups excluding carboxylic acids is 1. The van der Waals surface area contributed by atoms with Crippen LogP contribution < -0.4 is 0 Å². The highest BCUT2D eigenvalue weighted by Gasteiger charge is 2.33.